The van der Waals surface area contributed by atoms with Crippen LogP contribution in [0, 0.1) is 5.92 Å². The Morgan fingerprint density at radius 2 is 1.72 bits per heavy atom. The van der Waals surface area contributed by atoms with E-state index in [9.17, 15) is 24.0 Å². The summed E-state index contributed by atoms with van der Waals surface area (Å²) in [5.74, 6) is -3.36. The van der Waals surface area contributed by atoms with Gasteiger partial charge in [-0.1, -0.05) is 56.3 Å². The number of benzene rings is 2. The molecule has 12 nitrogen and oxygen atoms in total. The standard InChI is InChI=1S/C35H43N5O7/c1-21(2)29(38-28(41)19-46-27-14-10-13-24-18-36-16-15-25(24)27)32(43)37-26(17-23-11-8-7-9-12-23)31(42)34(45)40-20-47-22(3)30(40)33(44)39-35(4,5)6/h7-16,18,21-22,26,29-30H,17,19-20H2,1-6H3,(H,37,43)(H,38,41)(H,39,44)/t22-,26-,29-,30-/m0/s1. The molecule has 0 spiro atoms. The molecule has 1 fully saturated rings. The molecule has 0 unspecified atom stereocenters. The van der Waals surface area contributed by atoms with Crippen molar-refractivity contribution in [1.82, 2.24) is 25.8 Å². The van der Waals surface area contributed by atoms with Crippen LogP contribution < -0.4 is 20.7 Å². The largest absolute Gasteiger partial charge is 0.483 e. The van der Waals surface area contributed by atoms with Crippen molar-refractivity contribution < 1.29 is 33.4 Å². The minimum absolute atomic E-state index is 0.0120. The Morgan fingerprint density at radius 3 is 2.40 bits per heavy atom. The van der Waals surface area contributed by atoms with Crippen LogP contribution in [0.5, 0.6) is 5.75 Å². The fourth-order valence-electron chi connectivity index (χ4n) is 5.33. The van der Waals surface area contributed by atoms with Gasteiger partial charge in [-0.05, 0) is 51.3 Å². The van der Waals surface area contributed by atoms with Crippen molar-refractivity contribution in [2.24, 2.45) is 5.92 Å². The van der Waals surface area contributed by atoms with Gasteiger partial charge in [0.15, 0.2) is 6.61 Å². The molecule has 2 heterocycles. The number of Topliss-reactive ketones (excluding diaryl/α,β-unsaturated/α-hetero) is 1. The molecule has 0 saturated carbocycles. The fraction of sp³-hybridized carbons (Fsp3) is 0.429. The first-order valence-corrected chi connectivity index (χ1v) is 15.6. The third-order valence-corrected chi connectivity index (χ3v) is 7.68. The van der Waals surface area contributed by atoms with Gasteiger partial charge in [0, 0.05) is 35.1 Å². The summed E-state index contributed by atoms with van der Waals surface area (Å²) in [5, 5.41) is 9.90. The van der Waals surface area contributed by atoms with Gasteiger partial charge in [-0.25, -0.2) is 0 Å². The van der Waals surface area contributed by atoms with E-state index in [4.69, 9.17) is 9.47 Å². The van der Waals surface area contributed by atoms with Crippen LogP contribution in [0.25, 0.3) is 10.8 Å². The summed E-state index contributed by atoms with van der Waals surface area (Å²) in [6.45, 7) is 9.99. The van der Waals surface area contributed by atoms with E-state index in [-0.39, 0.29) is 25.7 Å². The van der Waals surface area contributed by atoms with Gasteiger partial charge in [-0.2, -0.15) is 0 Å². The Balaban J connectivity index is 1.49. The van der Waals surface area contributed by atoms with Crippen LogP contribution in [0.1, 0.15) is 47.1 Å². The topological polar surface area (TPSA) is 156 Å². The number of aromatic nitrogens is 1. The molecule has 4 rings (SSSR count). The van der Waals surface area contributed by atoms with Gasteiger partial charge < -0.3 is 25.4 Å². The van der Waals surface area contributed by atoms with E-state index in [1.807, 2.05) is 32.9 Å². The first-order chi connectivity index (χ1) is 22.2. The minimum Gasteiger partial charge on any atom is -0.483 e. The average molecular weight is 646 g/mol. The van der Waals surface area contributed by atoms with Gasteiger partial charge in [-0.15, -0.1) is 0 Å². The maximum atomic E-state index is 13.8. The summed E-state index contributed by atoms with van der Waals surface area (Å²) in [5.41, 5.74) is 0.131. The molecule has 1 aliphatic heterocycles. The third-order valence-electron chi connectivity index (χ3n) is 7.68. The number of pyridine rings is 1. The molecule has 2 aromatic carbocycles. The maximum Gasteiger partial charge on any atom is 0.294 e. The number of fused-ring (bicyclic) bond motifs is 1. The molecular formula is C35H43N5O7. The van der Waals surface area contributed by atoms with Crippen molar-refractivity contribution in [3.8, 4) is 5.75 Å². The molecule has 3 aromatic rings. The van der Waals surface area contributed by atoms with Crippen LogP contribution in [-0.4, -0.2) is 82.4 Å². The van der Waals surface area contributed by atoms with Crippen LogP contribution in [0.15, 0.2) is 67.0 Å². The van der Waals surface area contributed by atoms with Gasteiger partial charge >= 0.3 is 0 Å². The number of amides is 4. The normalized spacial score (nSPS) is 17.6. The Morgan fingerprint density at radius 1 is 1.00 bits per heavy atom. The number of carbonyl (C=O) groups is 5. The van der Waals surface area contributed by atoms with Crippen LogP contribution >= 0.6 is 0 Å². The number of rotatable bonds is 12. The average Bonchev–Trinajstić information content (AvgIpc) is 3.42. The van der Waals surface area contributed by atoms with Crippen molar-refractivity contribution in [2.45, 2.75) is 77.7 Å². The maximum absolute atomic E-state index is 13.8. The van der Waals surface area contributed by atoms with E-state index in [1.54, 1.807) is 75.6 Å². The first-order valence-electron chi connectivity index (χ1n) is 15.6. The Hall–Kier alpha value is -4.84. The summed E-state index contributed by atoms with van der Waals surface area (Å²) < 4.78 is 11.4. The predicted molar refractivity (Wildman–Crippen MR) is 175 cm³/mol. The second-order valence-corrected chi connectivity index (χ2v) is 13.0. The SMILES string of the molecule is CC(C)[C@H](NC(=O)COc1cccc2cnccc12)C(=O)N[C@@H](Cc1ccccc1)C(=O)C(=O)N1CO[C@@H](C)[C@H]1C(=O)NC(C)(C)C. The van der Waals surface area contributed by atoms with E-state index in [1.165, 1.54) is 0 Å². The van der Waals surface area contributed by atoms with E-state index in [0.29, 0.717) is 11.3 Å². The number of hydrogen-bond acceptors (Lipinski definition) is 8. The molecule has 4 amide bonds. The summed E-state index contributed by atoms with van der Waals surface area (Å²) >= 11 is 0. The van der Waals surface area contributed by atoms with Crippen LogP contribution in [0.2, 0.25) is 0 Å². The van der Waals surface area contributed by atoms with Gasteiger partial charge in [0.05, 0.1) is 6.10 Å². The zero-order valence-electron chi connectivity index (χ0n) is 27.6. The number of hydrogen-bond donors (Lipinski definition) is 3. The first kappa shape index (κ1) is 35.0. The number of nitrogens with one attached hydrogen (secondary N) is 3. The van der Waals surface area contributed by atoms with E-state index >= 15 is 0 Å². The van der Waals surface area contributed by atoms with E-state index < -0.39 is 59.2 Å². The number of carbonyl (C=O) groups excluding carboxylic acids is 5. The van der Waals surface area contributed by atoms with Crippen molar-refractivity contribution >= 4 is 40.2 Å². The van der Waals surface area contributed by atoms with Crippen molar-refractivity contribution in [3.63, 3.8) is 0 Å². The van der Waals surface area contributed by atoms with Crippen LogP contribution in [-0.2, 0) is 35.1 Å². The second-order valence-electron chi connectivity index (χ2n) is 13.0. The smallest absolute Gasteiger partial charge is 0.294 e. The third kappa shape index (κ3) is 9.13. The number of nitrogens with zero attached hydrogens (tertiary/aromatic N) is 2. The molecule has 250 valence electrons. The number of ether oxygens (including phenoxy) is 2. The monoisotopic (exact) mass is 645 g/mol. The Bertz CT molecular complexity index is 1600. The van der Waals surface area contributed by atoms with Gasteiger partial charge in [0.1, 0.15) is 30.6 Å². The molecule has 4 atom stereocenters. The molecule has 47 heavy (non-hydrogen) atoms. The molecule has 1 aromatic heterocycles. The minimum atomic E-state index is -1.28. The highest BCUT2D eigenvalue weighted by atomic mass is 16.5. The highest BCUT2D eigenvalue weighted by molar-refractivity contribution is 6.38. The zero-order valence-corrected chi connectivity index (χ0v) is 27.6. The summed E-state index contributed by atoms with van der Waals surface area (Å²) in [4.78, 5) is 72.4. The van der Waals surface area contributed by atoms with Crippen LogP contribution in [0.3, 0.4) is 0 Å². The molecular weight excluding hydrogens is 602 g/mol. The van der Waals surface area contributed by atoms with Crippen LogP contribution in [0.4, 0.5) is 0 Å². The Kier molecular flexibility index (Phi) is 11.3. The molecule has 0 radical (unpaired) electrons. The molecule has 3 N–H and O–H groups in total. The lowest BCUT2D eigenvalue weighted by molar-refractivity contribution is -0.149. The summed E-state index contributed by atoms with van der Waals surface area (Å²) in [6.07, 6.45) is 2.68. The van der Waals surface area contributed by atoms with Crippen molar-refractivity contribution in [2.75, 3.05) is 13.3 Å². The molecule has 0 bridgehead atoms. The van der Waals surface area contributed by atoms with E-state index in [0.717, 1.165) is 15.7 Å². The summed E-state index contributed by atoms with van der Waals surface area (Å²) in [6, 6.07) is 12.8. The van der Waals surface area contributed by atoms with Gasteiger partial charge in [-0.3, -0.25) is 33.9 Å². The van der Waals surface area contributed by atoms with Crippen molar-refractivity contribution in [1.29, 1.82) is 0 Å². The fourth-order valence-corrected chi connectivity index (χ4v) is 5.33. The van der Waals surface area contributed by atoms with Gasteiger partial charge in [0.2, 0.25) is 17.6 Å². The summed E-state index contributed by atoms with van der Waals surface area (Å²) in [7, 11) is 0. The second kappa shape index (κ2) is 15.2. The predicted octanol–water partition coefficient (Wildman–Crippen LogP) is 2.54. The molecule has 12 heteroatoms. The lowest BCUT2D eigenvalue weighted by Gasteiger charge is -2.29. The molecule has 0 aliphatic carbocycles. The Labute approximate surface area is 274 Å². The molecule has 1 saturated heterocycles. The van der Waals surface area contributed by atoms with E-state index in [2.05, 4.69) is 20.9 Å². The van der Waals surface area contributed by atoms with Crippen molar-refractivity contribution in [3.05, 3.63) is 72.6 Å². The quantitative estimate of drug-likeness (QED) is 0.254. The highest BCUT2D eigenvalue weighted by Gasteiger charge is 2.45. The highest BCUT2D eigenvalue weighted by Crippen LogP contribution is 2.24. The molecule has 1 aliphatic rings. The lowest BCUT2D eigenvalue weighted by atomic mass is 9.98. The zero-order chi connectivity index (χ0) is 34.3. The number of ketones is 1. The lowest BCUT2D eigenvalue weighted by Crippen LogP contribution is -2.59. The van der Waals surface area contributed by atoms with Gasteiger partial charge in [0.25, 0.3) is 11.8 Å².